The van der Waals surface area contributed by atoms with Crippen LogP contribution in [0.25, 0.3) is 27.5 Å². The Bertz CT molecular complexity index is 1430. The number of pyridine rings is 1. The van der Waals surface area contributed by atoms with E-state index in [2.05, 4.69) is 9.88 Å². The second-order valence-electron chi connectivity index (χ2n) is 9.86. The third-order valence-electron chi connectivity index (χ3n) is 7.32. The normalized spacial score (nSPS) is 17.1. The number of anilines is 1. The molecule has 9 heteroatoms. The maximum absolute atomic E-state index is 13.0. The number of benzene rings is 2. The molecule has 37 heavy (non-hydrogen) atoms. The summed E-state index contributed by atoms with van der Waals surface area (Å²) in [6.07, 6.45) is 5.90. The third-order valence-corrected chi connectivity index (χ3v) is 7.32. The molecule has 194 valence electrons. The molecule has 3 N–H and O–H groups in total. The van der Waals surface area contributed by atoms with Crippen LogP contribution in [-0.2, 0) is 4.74 Å². The highest BCUT2D eigenvalue weighted by molar-refractivity contribution is 6.07. The van der Waals surface area contributed by atoms with Crippen LogP contribution in [0, 0.1) is 0 Å². The number of nitrogens with zero attached hydrogens (tertiary/aromatic N) is 3. The molecule has 0 radical (unpaired) electrons. The van der Waals surface area contributed by atoms with E-state index in [1.54, 1.807) is 4.68 Å². The third kappa shape index (κ3) is 5.01. The lowest BCUT2D eigenvalue weighted by molar-refractivity contribution is 0.0358. The van der Waals surface area contributed by atoms with Gasteiger partial charge in [-0.15, -0.1) is 0 Å². The van der Waals surface area contributed by atoms with Gasteiger partial charge in [0.1, 0.15) is 28.2 Å². The van der Waals surface area contributed by atoms with Gasteiger partial charge in [0.2, 0.25) is 0 Å². The fourth-order valence-corrected chi connectivity index (χ4v) is 5.32. The van der Waals surface area contributed by atoms with E-state index in [4.69, 9.17) is 25.0 Å². The molecule has 0 bridgehead atoms. The summed E-state index contributed by atoms with van der Waals surface area (Å²) in [5.74, 6) is 1.87. The maximum Gasteiger partial charge on any atom is 0.261 e. The lowest BCUT2D eigenvalue weighted by Gasteiger charge is -2.26. The first-order chi connectivity index (χ1) is 18.2. The van der Waals surface area contributed by atoms with Crippen LogP contribution in [0.15, 0.2) is 47.3 Å². The molecule has 4 aromatic rings. The summed E-state index contributed by atoms with van der Waals surface area (Å²) in [6.45, 7) is 5.14. The summed E-state index contributed by atoms with van der Waals surface area (Å²) in [6, 6.07) is 13.4. The molecule has 1 aliphatic heterocycles. The monoisotopic (exact) mass is 503 g/mol. The molecule has 0 unspecified atom stereocenters. The Morgan fingerprint density at radius 1 is 1.05 bits per heavy atom. The Kier molecular flexibility index (Phi) is 6.72. The summed E-state index contributed by atoms with van der Waals surface area (Å²) in [5, 5.41) is 5.94. The molecule has 0 spiro atoms. The van der Waals surface area contributed by atoms with Crippen LogP contribution in [-0.4, -0.2) is 65.2 Å². The van der Waals surface area contributed by atoms with E-state index in [1.807, 2.05) is 42.5 Å². The van der Waals surface area contributed by atoms with E-state index >= 15 is 0 Å². The van der Waals surface area contributed by atoms with Crippen LogP contribution in [0.2, 0.25) is 0 Å². The molecule has 1 aliphatic carbocycles. The van der Waals surface area contributed by atoms with E-state index in [-0.39, 0.29) is 5.56 Å². The van der Waals surface area contributed by atoms with Crippen molar-refractivity contribution in [1.82, 2.24) is 19.7 Å². The van der Waals surface area contributed by atoms with E-state index in [0.717, 1.165) is 74.7 Å². The second-order valence-corrected chi connectivity index (χ2v) is 9.86. The standard InChI is InChI=1S/C28H33N5O4/c29-27-25-26(31-33(27)19-6-8-21(9-7-19)37-20-4-1-2-5-20)23-11-10-22(18-24(23)30-28(25)34)36-15-3-12-32-13-16-35-17-14-32/h6-11,18,20H,1-5,12-17,29H2,(H,30,34). The number of H-pyrrole nitrogens is 1. The Morgan fingerprint density at radius 2 is 1.81 bits per heavy atom. The van der Waals surface area contributed by atoms with E-state index in [1.165, 1.54) is 12.8 Å². The van der Waals surface area contributed by atoms with Gasteiger partial charge in [-0.05, 0) is 68.5 Å². The number of aromatic nitrogens is 3. The first-order valence-electron chi connectivity index (χ1n) is 13.2. The molecule has 0 atom stereocenters. The number of morpholine rings is 1. The van der Waals surface area contributed by atoms with Gasteiger partial charge in [-0.25, -0.2) is 4.68 Å². The molecule has 2 aliphatic rings. The Balaban J connectivity index is 1.21. The smallest absolute Gasteiger partial charge is 0.261 e. The van der Waals surface area contributed by atoms with Crippen LogP contribution >= 0.6 is 0 Å². The van der Waals surface area contributed by atoms with E-state index in [0.29, 0.717) is 34.9 Å². The van der Waals surface area contributed by atoms with Crippen molar-refractivity contribution in [1.29, 1.82) is 0 Å². The Morgan fingerprint density at radius 3 is 2.59 bits per heavy atom. The van der Waals surface area contributed by atoms with Crippen molar-refractivity contribution in [3.05, 3.63) is 52.8 Å². The Labute approximate surface area is 215 Å². The summed E-state index contributed by atoms with van der Waals surface area (Å²) >= 11 is 0. The van der Waals surface area contributed by atoms with Gasteiger partial charge < -0.3 is 24.9 Å². The average molecular weight is 504 g/mol. The van der Waals surface area contributed by atoms with E-state index < -0.39 is 0 Å². The summed E-state index contributed by atoms with van der Waals surface area (Å²) < 4.78 is 19.1. The topological polar surface area (TPSA) is 108 Å². The summed E-state index contributed by atoms with van der Waals surface area (Å²) in [5.41, 5.74) is 8.17. The molecular formula is C28H33N5O4. The van der Waals surface area contributed by atoms with Crippen LogP contribution in [0.5, 0.6) is 11.5 Å². The van der Waals surface area contributed by atoms with Crippen molar-refractivity contribution in [3.8, 4) is 17.2 Å². The number of nitrogen functional groups attached to an aromatic ring is 1. The number of nitrogens with two attached hydrogens (primary N) is 1. The SMILES string of the molecule is Nc1c2c(=O)[nH]c3cc(OCCCN4CCOCC4)ccc3c2nn1-c1ccc(OC2CCCC2)cc1. The first-order valence-corrected chi connectivity index (χ1v) is 13.2. The zero-order valence-electron chi connectivity index (χ0n) is 20.9. The predicted octanol–water partition coefficient (Wildman–Crippen LogP) is 3.87. The molecule has 2 aromatic carbocycles. The highest BCUT2D eigenvalue weighted by atomic mass is 16.5. The lowest BCUT2D eigenvalue weighted by Crippen LogP contribution is -2.37. The molecule has 2 aromatic heterocycles. The van der Waals surface area contributed by atoms with Crippen molar-refractivity contribution >= 4 is 27.6 Å². The van der Waals surface area contributed by atoms with Gasteiger partial charge in [-0.2, -0.15) is 5.10 Å². The number of fused-ring (bicyclic) bond motifs is 3. The fraction of sp³-hybridized carbons (Fsp3) is 0.429. The first kappa shape index (κ1) is 23.8. The van der Waals surface area contributed by atoms with Crippen molar-refractivity contribution in [3.63, 3.8) is 0 Å². The second kappa shape index (κ2) is 10.4. The quantitative estimate of drug-likeness (QED) is 0.352. The van der Waals surface area contributed by atoms with Crippen molar-refractivity contribution in [2.24, 2.45) is 0 Å². The minimum Gasteiger partial charge on any atom is -0.493 e. The molecule has 9 nitrogen and oxygen atoms in total. The number of nitrogens with one attached hydrogen (secondary N) is 1. The van der Waals surface area contributed by atoms with Crippen molar-refractivity contribution < 1.29 is 14.2 Å². The highest BCUT2D eigenvalue weighted by Crippen LogP contribution is 2.30. The van der Waals surface area contributed by atoms with Crippen LogP contribution in [0.3, 0.4) is 0 Å². The van der Waals surface area contributed by atoms with Gasteiger partial charge in [0, 0.05) is 31.1 Å². The zero-order valence-corrected chi connectivity index (χ0v) is 20.9. The van der Waals surface area contributed by atoms with Gasteiger partial charge in [0.05, 0.1) is 37.1 Å². The molecule has 1 saturated heterocycles. The van der Waals surface area contributed by atoms with Gasteiger partial charge in [-0.1, -0.05) is 0 Å². The largest absolute Gasteiger partial charge is 0.493 e. The Hall–Kier alpha value is -3.56. The van der Waals surface area contributed by atoms with Gasteiger partial charge >= 0.3 is 0 Å². The van der Waals surface area contributed by atoms with Crippen molar-refractivity contribution in [2.45, 2.75) is 38.2 Å². The number of aromatic amines is 1. The predicted molar refractivity (Wildman–Crippen MR) is 144 cm³/mol. The van der Waals surface area contributed by atoms with Gasteiger partial charge in [-0.3, -0.25) is 9.69 Å². The minimum atomic E-state index is -0.267. The molecule has 1 saturated carbocycles. The van der Waals surface area contributed by atoms with Crippen LogP contribution < -0.4 is 20.8 Å². The molecule has 3 heterocycles. The zero-order chi connectivity index (χ0) is 25.2. The maximum atomic E-state index is 13.0. The van der Waals surface area contributed by atoms with Crippen molar-refractivity contribution in [2.75, 3.05) is 45.2 Å². The minimum absolute atomic E-state index is 0.267. The average Bonchev–Trinajstić information content (AvgIpc) is 3.56. The summed E-state index contributed by atoms with van der Waals surface area (Å²) in [7, 11) is 0. The van der Waals surface area contributed by atoms with E-state index in [9.17, 15) is 4.79 Å². The number of hydrogen-bond acceptors (Lipinski definition) is 7. The molecule has 0 amide bonds. The lowest BCUT2D eigenvalue weighted by atomic mass is 10.1. The fourth-order valence-electron chi connectivity index (χ4n) is 5.32. The molecular weight excluding hydrogens is 470 g/mol. The highest BCUT2D eigenvalue weighted by Gasteiger charge is 2.19. The molecule has 6 rings (SSSR count). The number of rotatable bonds is 8. The van der Waals surface area contributed by atoms with Crippen LogP contribution in [0.4, 0.5) is 5.82 Å². The van der Waals surface area contributed by atoms with Gasteiger partial charge in [0.25, 0.3) is 5.56 Å². The number of hydrogen-bond donors (Lipinski definition) is 2. The summed E-state index contributed by atoms with van der Waals surface area (Å²) in [4.78, 5) is 18.3. The van der Waals surface area contributed by atoms with Crippen LogP contribution in [0.1, 0.15) is 32.1 Å². The molecule has 2 fully saturated rings. The number of ether oxygens (including phenoxy) is 3. The van der Waals surface area contributed by atoms with Gasteiger partial charge in [0.15, 0.2) is 0 Å².